The Morgan fingerprint density at radius 1 is 1.44 bits per heavy atom. The minimum Gasteiger partial charge on any atom is -0.232 e. The van der Waals surface area contributed by atoms with E-state index < -0.39 is 0 Å². The molecule has 3 rings (SSSR count). The molecule has 0 atom stereocenters. The van der Waals surface area contributed by atoms with E-state index in [4.69, 9.17) is 11.6 Å². The zero-order valence-corrected chi connectivity index (χ0v) is 10.7. The van der Waals surface area contributed by atoms with Crippen molar-refractivity contribution in [1.82, 2.24) is 14.8 Å². The third kappa shape index (κ3) is 1.68. The first kappa shape index (κ1) is 11.2. The molecule has 0 fully saturated rings. The number of fused-ring (bicyclic) bond motifs is 1. The van der Waals surface area contributed by atoms with Crippen molar-refractivity contribution in [2.45, 2.75) is 26.2 Å². The Labute approximate surface area is 110 Å². The van der Waals surface area contributed by atoms with E-state index in [0.717, 1.165) is 30.7 Å². The lowest BCUT2D eigenvalue weighted by atomic mass is 10.1. The summed E-state index contributed by atoms with van der Waals surface area (Å²) >= 11 is 6.00. The van der Waals surface area contributed by atoms with E-state index >= 15 is 0 Å². The zero-order chi connectivity index (χ0) is 12.7. The molecule has 2 aromatic rings. The maximum atomic E-state index is 9.22. The summed E-state index contributed by atoms with van der Waals surface area (Å²) in [6.07, 6.45) is 4.79. The van der Waals surface area contributed by atoms with Crippen LogP contribution in [0.1, 0.15) is 28.9 Å². The molecule has 0 spiro atoms. The Balaban J connectivity index is 2.20. The van der Waals surface area contributed by atoms with Crippen molar-refractivity contribution in [2.75, 3.05) is 0 Å². The van der Waals surface area contributed by atoms with Crippen LogP contribution in [-0.2, 0) is 12.8 Å². The molecule has 18 heavy (non-hydrogen) atoms. The first-order valence-electron chi connectivity index (χ1n) is 5.84. The third-order valence-corrected chi connectivity index (χ3v) is 3.58. The molecular weight excluding hydrogens is 248 g/mol. The van der Waals surface area contributed by atoms with Crippen LogP contribution in [0.3, 0.4) is 0 Å². The highest BCUT2D eigenvalue weighted by molar-refractivity contribution is 6.31. The number of aromatic nitrogens is 3. The van der Waals surface area contributed by atoms with Gasteiger partial charge in [-0.2, -0.15) is 10.4 Å². The van der Waals surface area contributed by atoms with E-state index in [1.165, 1.54) is 5.56 Å². The predicted octanol–water partition coefficient (Wildman–Crippen LogP) is 2.59. The first-order chi connectivity index (χ1) is 8.69. The molecule has 0 aliphatic heterocycles. The molecular formula is C13H11ClN4. The van der Waals surface area contributed by atoms with Crippen molar-refractivity contribution in [3.05, 3.63) is 39.8 Å². The van der Waals surface area contributed by atoms with E-state index in [1.807, 2.05) is 13.0 Å². The fraction of sp³-hybridized carbons (Fsp3) is 0.308. The van der Waals surface area contributed by atoms with E-state index in [1.54, 1.807) is 10.9 Å². The van der Waals surface area contributed by atoms with E-state index in [9.17, 15) is 5.26 Å². The van der Waals surface area contributed by atoms with Gasteiger partial charge in [0.25, 0.3) is 0 Å². The lowest BCUT2D eigenvalue weighted by molar-refractivity contribution is 0.816. The second kappa shape index (κ2) is 4.11. The van der Waals surface area contributed by atoms with Gasteiger partial charge in [0.05, 0.1) is 22.5 Å². The second-order valence-corrected chi connectivity index (χ2v) is 4.84. The molecule has 0 unspecified atom stereocenters. The monoisotopic (exact) mass is 258 g/mol. The average Bonchev–Trinajstić information content (AvgIpc) is 2.94. The van der Waals surface area contributed by atoms with Crippen LogP contribution >= 0.6 is 11.6 Å². The van der Waals surface area contributed by atoms with Crippen LogP contribution < -0.4 is 0 Å². The summed E-state index contributed by atoms with van der Waals surface area (Å²) in [4.78, 5) is 4.57. The topological polar surface area (TPSA) is 54.5 Å². The van der Waals surface area contributed by atoms with Gasteiger partial charge in [0.2, 0.25) is 0 Å². The van der Waals surface area contributed by atoms with Crippen LogP contribution in [0.15, 0.2) is 12.3 Å². The molecule has 0 saturated carbocycles. The molecule has 1 aliphatic carbocycles. The quantitative estimate of drug-likeness (QED) is 0.790. The normalized spacial score (nSPS) is 13.4. The maximum absolute atomic E-state index is 9.22. The SMILES string of the molecule is Cc1nn(-c2nc3c(cc2C#N)CCC3)cc1Cl. The Morgan fingerprint density at radius 2 is 2.28 bits per heavy atom. The van der Waals surface area contributed by atoms with Gasteiger partial charge < -0.3 is 0 Å². The summed E-state index contributed by atoms with van der Waals surface area (Å²) in [5.41, 5.74) is 3.55. The van der Waals surface area contributed by atoms with Gasteiger partial charge in [0.1, 0.15) is 6.07 Å². The fourth-order valence-electron chi connectivity index (χ4n) is 2.27. The molecule has 5 heteroatoms. The Hall–Kier alpha value is -1.86. The van der Waals surface area contributed by atoms with Gasteiger partial charge in [-0.05, 0) is 37.8 Å². The van der Waals surface area contributed by atoms with Crippen molar-refractivity contribution >= 4 is 11.6 Å². The highest BCUT2D eigenvalue weighted by Crippen LogP contribution is 2.25. The van der Waals surface area contributed by atoms with Gasteiger partial charge in [-0.15, -0.1) is 0 Å². The van der Waals surface area contributed by atoms with Crippen molar-refractivity contribution in [2.24, 2.45) is 0 Å². The predicted molar refractivity (Wildman–Crippen MR) is 67.8 cm³/mol. The molecule has 4 nitrogen and oxygen atoms in total. The molecule has 2 heterocycles. The number of hydrogen-bond acceptors (Lipinski definition) is 3. The summed E-state index contributed by atoms with van der Waals surface area (Å²) < 4.78 is 1.59. The molecule has 1 aliphatic rings. The molecule has 0 amide bonds. The second-order valence-electron chi connectivity index (χ2n) is 4.44. The van der Waals surface area contributed by atoms with Crippen molar-refractivity contribution < 1.29 is 0 Å². The van der Waals surface area contributed by atoms with E-state index in [-0.39, 0.29) is 0 Å². The number of halogens is 1. The van der Waals surface area contributed by atoms with Gasteiger partial charge in [0.15, 0.2) is 5.82 Å². The van der Waals surface area contributed by atoms with Gasteiger partial charge in [-0.1, -0.05) is 11.6 Å². The molecule has 0 saturated heterocycles. The van der Waals surface area contributed by atoms with Crippen LogP contribution in [0.5, 0.6) is 0 Å². The fourth-order valence-corrected chi connectivity index (χ4v) is 2.40. The number of hydrogen-bond donors (Lipinski definition) is 0. The van der Waals surface area contributed by atoms with Crippen molar-refractivity contribution in [1.29, 1.82) is 5.26 Å². The zero-order valence-electron chi connectivity index (χ0n) is 9.94. The molecule has 0 radical (unpaired) electrons. The highest BCUT2D eigenvalue weighted by atomic mass is 35.5. The Kier molecular flexibility index (Phi) is 2.57. The molecule has 0 aromatic carbocycles. The highest BCUT2D eigenvalue weighted by Gasteiger charge is 2.18. The molecule has 90 valence electrons. The maximum Gasteiger partial charge on any atom is 0.171 e. The van der Waals surface area contributed by atoms with Gasteiger partial charge in [-0.3, -0.25) is 0 Å². The Morgan fingerprint density at radius 3 is 2.94 bits per heavy atom. The number of pyridine rings is 1. The minimum absolute atomic E-state index is 0.551. The Bertz CT molecular complexity index is 647. The summed E-state index contributed by atoms with van der Waals surface area (Å²) in [6.45, 7) is 1.83. The summed E-state index contributed by atoms with van der Waals surface area (Å²) in [6, 6.07) is 4.11. The number of rotatable bonds is 1. The lowest BCUT2D eigenvalue weighted by Crippen LogP contribution is -2.05. The average molecular weight is 259 g/mol. The largest absolute Gasteiger partial charge is 0.232 e. The minimum atomic E-state index is 0.551. The summed E-state index contributed by atoms with van der Waals surface area (Å²) in [7, 11) is 0. The molecule has 0 bridgehead atoms. The van der Waals surface area contributed by atoms with Crippen LogP contribution in [0, 0.1) is 18.3 Å². The smallest absolute Gasteiger partial charge is 0.171 e. The summed E-state index contributed by atoms with van der Waals surface area (Å²) in [5.74, 6) is 0.577. The molecule has 2 aromatic heterocycles. The van der Waals surface area contributed by atoms with Crippen molar-refractivity contribution in [3.63, 3.8) is 0 Å². The van der Waals surface area contributed by atoms with Crippen LogP contribution in [-0.4, -0.2) is 14.8 Å². The number of nitriles is 1. The molecule has 0 N–H and O–H groups in total. The number of aryl methyl sites for hydroxylation is 3. The van der Waals surface area contributed by atoms with Crippen LogP contribution in [0.4, 0.5) is 0 Å². The van der Waals surface area contributed by atoms with Crippen LogP contribution in [0.2, 0.25) is 5.02 Å². The van der Waals surface area contributed by atoms with Gasteiger partial charge in [0, 0.05) is 5.69 Å². The van der Waals surface area contributed by atoms with Crippen LogP contribution in [0.25, 0.3) is 5.82 Å². The van der Waals surface area contributed by atoms with Crippen molar-refractivity contribution in [3.8, 4) is 11.9 Å². The van der Waals surface area contributed by atoms with Gasteiger partial charge in [-0.25, -0.2) is 9.67 Å². The third-order valence-electron chi connectivity index (χ3n) is 3.21. The van der Waals surface area contributed by atoms with Gasteiger partial charge >= 0.3 is 0 Å². The number of nitrogens with zero attached hydrogens (tertiary/aromatic N) is 4. The summed E-state index contributed by atoms with van der Waals surface area (Å²) in [5, 5.41) is 14.1. The standard InChI is InChI=1S/C13H11ClN4/c1-8-11(14)7-18(17-8)13-10(6-15)5-9-3-2-4-12(9)16-13/h5,7H,2-4H2,1H3. The first-order valence-corrected chi connectivity index (χ1v) is 6.22. The lowest BCUT2D eigenvalue weighted by Gasteiger charge is -2.06. The van der Waals surface area contributed by atoms with E-state index in [0.29, 0.717) is 16.4 Å². The van der Waals surface area contributed by atoms with E-state index in [2.05, 4.69) is 16.2 Å².